The molecule has 0 amide bonds. The zero-order chi connectivity index (χ0) is 45.2. The first kappa shape index (κ1) is 57.3. The molecule has 1 fully saturated rings. The molecule has 60 heavy (non-hydrogen) atoms. The van der Waals surface area contributed by atoms with Crippen molar-refractivity contribution in [2.24, 2.45) is 0 Å². The Bertz CT molecular complexity index is 1660. The van der Waals surface area contributed by atoms with Crippen LogP contribution in [0.3, 0.4) is 0 Å². The number of phosphoric ester groups is 2. The number of thioether (sulfide) groups is 1. The summed E-state index contributed by atoms with van der Waals surface area (Å²) in [5.41, 5.74) is 0. The van der Waals surface area contributed by atoms with Crippen molar-refractivity contribution in [1.82, 2.24) is 0 Å². The van der Waals surface area contributed by atoms with Crippen molar-refractivity contribution in [3.8, 4) is 59.0 Å². The summed E-state index contributed by atoms with van der Waals surface area (Å²) < 4.78 is 47.3. The van der Waals surface area contributed by atoms with Gasteiger partial charge >= 0.3 is 21.6 Å². The standard InChI is InChI=1S/C26H52O16P2.C14H8OS.9H2/c1-2-3-4-5-6-7-8-9-10-11-12-13-14-15-20(28)40-19(16-38-18-27)17-39-44(36,37)42-26-23(31)21(29)25(22(30)24(26)32)41-43(33,34)35;1-3-5-6-7-8-9-10-11-13-16-14(15)12-4-2;;;;;;;;;/h19,21-27,29-32H,2-18H2,1H3,(H,36,37)(H2,33,34,35);1H,4,12H2,2H3;9*1H/t19-,21+,22?,23?,24+,25?,26?;;;;;;;;;;/m1........../s1. The van der Waals surface area contributed by atoms with E-state index in [2.05, 4.69) is 64.1 Å². The first-order valence-electron chi connectivity index (χ1n) is 19.7. The lowest BCUT2D eigenvalue weighted by Crippen LogP contribution is -2.64. The van der Waals surface area contributed by atoms with E-state index >= 15 is 0 Å². The van der Waals surface area contributed by atoms with Gasteiger partial charge in [0.25, 0.3) is 0 Å². The second-order valence-electron chi connectivity index (χ2n) is 13.3. The number of hydrogen-bond donors (Lipinski definition) is 8. The van der Waals surface area contributed by atoms with Crippen LogP contribution in [0.2, 0.25) is 0 Å². The number of esters is 1. The maximum absolute atomic E-state index is 12.5. The highest BCUT2D eigenvalue weighted by molar-refractivity contribution is 8.17. The van der Waals surface area contributed by atoms with E-state index in [1.54, 1.807) is 0 Å². The van der Waals surface area contributed by atoms with Gasteiger partial charge in [-0.2, -0.15) is 0 Å². The van der Waals surface area contributed by atoms with Gasteiger partial charge < -0.3 is 49.7 Å². The summed E-state index contributed by atoms with van der Waals surface area (Å²) in [6.07, 6.45) is 6.55. The van der Waals surface area contributed by atoms with Crippen molar-refractivity contribution in [2.75, 3.05) is 20.0 Å². The van der Waals surface area contributed by atoms with Crippen molar-refractivity contribution >= 4 is 38.5 Å². The van der Waals surface area contributed by atoms with Gasteiger partial charge in [-0.25, -0.2) is 9.13 Å². The van der Waals surface area contributed by atoms with Gasteiger partial charge in [0.05, 0.1) is 13.2 Å². The molecule has 1 rings (SSSR count). The minimum absolute atomic E-state index is 0. The van der Waals surface area contributed by atoms with Crippen molar-refractivity contribution in [3.63, 3.8) is 0 Å². The second kappa shape index (κ2) is 34.8. The topological polar surface area (TPSA) is 276 Å². The van der Waals surface area contributed by atoms with Crippen LogP contribution < -0.4 is 0 Å². The number of rotatable bonds is 27. The smallest absolute Gasteiger partial charge is 0.457 e. The number of carbonyl (C=O) groups excluding carboxylic acids is 2. The molecular weight excluding hydrogens is 846 g/mol. The highest BCUT2D eigenvalue weighted by Gasteiger charge is 2.54. The number of carbonyl (C=O) groups is 2. The largest absolute Gasteiger partial charge is 0.472 e. The van der Waals surface area contributed by atoms with Gasteiger partial charge in [0.15, 0.2) is 0 Å². The van der Waals surface area contributed by atoms with Crippen molar-refractivity contribution < 1.29 is 94.8 Å². The Morgan fingerprint density at radius 1 is 0.667 bits per heavy atom. The number of aliphatic hydroxyl groups excluding tert-OH is 5. The monoisotopic (exact) mass is 924 g/mol. The maximum atomic E-state index is 12.5. The lowest BCUT2D eigenvalue weighted by molar-refractivity contribution is -0.216. The number of aliphatic hydroxyl groups is 5. The average Bonchev–Trinajstić information content (AvgIpc) is 3.19. The Morgan fingerprint density at radius 3 is 1.60 bits per heavy atom. The predicted octanol–water partition coefficient (Wildman–Crippen LogP) is 5.65. The normalized spacial score (nSPS) is 20.9. The molecule has 1 aliphatic carbocycles. The van der Waals surface area contributed by atoms with Crippen molar-refractivity contribution in [1.29, 1.82) is 0 Å². The SMILES string of the molecule is C#CC#CC#CC#CC#CSC(=O)CCC.CCCCCCCCCCCCCCCC(=O)O[C@H](COCO)COP(=O)(O)OC1C(O)[C@H](O)C(OP(=O)(O)O)C(O)[C@@H]1O.[HH].[HH].[HH].[HH].[HH].[HH].[HH].[HH].[HH]. The molecule has 8 N–H and O–H groups in total. The molecule has 0 heterocycles. The van der Waals surface area contributed by atoms with Crippen molar-refractivity contribution in [3.05, 3.63) is 0 Å². The molecule has 8 atom stereocenters. The summed E-state index contributed by atoms with van der Waals surface area (Å²) in [6.45, 7) is 2.23. The predicted molar refractivity (Wildman–Crippen MR) is 241 cm³/mol. The highest BCUT2D eigenvalue weighted by Crippen LogP contribution is 2.48. The molecule has 0 spiro atoms. The van der Waals surface area contributed by atoms with Crippen molar-refractivity contribution in [2.45, 2.75) is 159 Å². The van der Waals surface area contributed by atoms with Gasteiger partial charge in [0.2, 0.25) is 5.12 Å². The fourth-order valence-corrected chi connectivity index (χ4v) is 7.40. The van der Waals surface area contributed by atoms with Crippen LogP contribution >= 0.6 is 27.4 Å². The minimum atomic E-state index is -5.27. The van der Waals surface area contributed by atoms with Crippen LogP contribution in [0, 0.1) is 59.0 Å². The number of terminal acetylenes is 1. The van der Waals surface area contributed by atoms with Gasteiger partial charge in [-0.3, -0.25) is 23.2 Å². The fraction of sp³-hybridized carbons (Fsp3) is 0.700. The summed E-state index contributed by atoms with van der Waals surface area (Å²) in [6, 6.07) is 0. The first-order valence-corrected chi connectivity index (χ1v) is 23.5. The van der Waals surface area contributed by atoms with Crippen LogP contribution in [0.15, 0.2) is 0 Å². The number of unbranched alkanes of at least 4 members (excludes halogenated alkanes) is 12. The molecule has 356 valence electrons. The summed E-state index contributed by atoms with van der Waals surface area (Å²) in [5.74, 6) is 18.6. The van der Waals surface area contributed by atoms with Crippen LogP contribution in [-0.4, -0.2) is 114 Å². The Morgan fingerprint density at radius 2 is 1.13 bits per heavy atom. The third-order valence-corrected chi connectivity index (χ3v) is 10.4. The summed E-state index contributed by atoms with van der Waals surface area (Å²) >= 11 is 0.968. The van der Waals surface area contributed by atoms with Crippen LogP contribution in [0.25, 0.3) is 0 Å². The second-order valence-corrected chi connectivity index (χ2v) is 16.8. The lowest BCUT2D eigenvalue weighted by Gasteiger charge is -2.43. The zero-order valence-electron chi connectivity index (χ0n) is 34.1. The third kappa shape index (κ3) is 29.5. The summed E-state index contributed by atoms with van der Waals surface area (Å²) in [5, 5.41) is 52.1. The van der Waals surface area contributed by atoms with E-state index in [1.807, 2.05) is 6.92 Å². The Balaban J connectivity index is -0.000000151. The highest BCUT2D eigenvalue weighted by atomic mass is 32.2. The van der Waals surface area contributed by atoms with Gasteiger partial charge in [0.1, 0.15) is 49.5 Å². The summed E-state index contributed by atoms with van der Waals surface area (Å²) in [7, 11) is -10.4. The van der Waals surface area contributed by atoms with E-state index in [0.29, 0.717) is 12.8 Å². The maximum Gasteiger partial charge on any atom is 0.472 e. The average molecular weight is 925 g/mol. The van der Waals surface area contributed by atoms with E-state index in [0.717, 1.165) is 43.9 Å². The lowest BCUT2D eigenvalue weighted by atomic mass is 9.85. The molecule has 1 saturated carbocycles. The molecule has 20 heteroatoms. The Labute approximate surface area is 371 Å². The van der Waals surface area contributed by atoms with Gasteiger partial charge in [-0.1, -0.05) is 90.9 Å². The molecule has 0 aromatic carbocycles. The molecule has 0 bridgehead atoms. The quantitative estimate of drug-likeness (QED) is 0.0163. The van der Waals surface area contributed by atoms with Crippen LogP contribution in [0.1, 0.15) is 129 Å². The number of phosphoric acid groups is 2. The molecule has 0 aliphatic heterocycles. The van der Waals surface area contributed by atoms with E-state index in [1.165, 1.54) is 51.4 Å². The summed E-state index contributed by atoms with van der Waals surface area (Å²) in [4.78, 5) is 51.3. The van der Waals surface area contributed by atoms with Crippen LogP contribution in [-0.2, 0) is 41.8 Å². The first-order chi connectivity index (χ1) is 28.5. The van der Waals surface area contributed by atoms with Crippen LogP contribution in [0.4, 0.5) is 0 Å². The van der Waals surface area contributed by atoms with Gasteiger partial charge in [0, 0.05) is 37.4 Å². The van der Waals surface area contributed by atoms with Gasteiger partial charge in [-0.05, 0) is 65.5 Å². The Hall–Kier alpha value is -2.73. The molecule has 0 aromatic rings. The molecule has 0 saturated heterocycles. The third-order valence-electron chi connectivity index (χ3n) is 8.28. The van der Waals surface area contributed by atoms with E-state index in [9.17, 15) is 44.0 Å². The van der Waals surface area contributed by atoms with Gasteiger partial charge in [-0.15, -0.1) is 6.42 Å². The minimum Gasteiger partial charge on any atom is -0.457 e. The van der Waals surface area contributed by atoms with E-state index in [-0.39, 0.29) is 24.4 Å². The molecule has 1 aliphatic rings. The molecule has 0 aromatic heterocycles. The molecule has 5 unspecified atom stereocenters. The zero-order valence-corrected chi connectivity index (χ0v) is 36.7. The number of ether oxygens (including phenoxy) is 2. The molecule has 0 radical (unpaired) electrons. The van der Waals surface area contributed by atoms with E-state index < -0.39 is 84.3 Å². The fourth-order valence-electron chi connectivity index (χ4n) is 5.34. The van der Waals surface area contributed by atoms with Crippen LogP contribution in [0.5, 0.6) is 0 Å². The number of hydrogen-bond acceptors (Lipinski definition) is 15. The molecular formula is C40H78O17P2S. The molecule has 17 nitrogen and oxygen atoms in total. The van der Waals surface area contributed by atoms with E-state index in [4.69, 9.17) is 39.8 Å². The Kier molecular flexibility index (Phi) is 33.2.